The minimum absolute atomic E-state index is 0. The molecule has 0 saturated heterocycles. The summed E-state index contributed by atoms with van der Waals surface area (Å²) in [4.78, 5) is 7.02. The van der Waals surface area contributed by atoms with Gasteiger partial charge >= 0.3 is 0 Å². The zero-order chi connectivity index (χ0) is 20.4. The summed E-state index contributed by atoms with van der Waals surface area (Å²) in [6.45, 7) is 9.11. The van der Waals surface area contributed by atoms with Crippen molar-refractivity contribution in [2.75, 3.05) is 54.1 Å². The molecular formula is C21H37IN4O3. The predicted octanol–water partition coefficient (Wildman–Crippen LogP) is 2.66. The van der Waals surface area contributed by atoms with Crippen LogP contribution >= 0.6 is 24.0 Å². The molecule has 1 unspecified atom stereocenters. The number of benzene rings is 1. The van der Waals surface area contributed by atoms with Crippen molar-refractivity contribution in [3.63, 3.8) is 0 Å². The number of hydrogen-bond donors (Lipinski definition) is 2. The number of hydrogen-bond acceptors (Lipinski definition) is 5. The summed E-state index contributed by atoms with van der Waals surface area (Å²) in [6, 6.07) is 4.15. The molecule has 1 aliphatic rings. The van der Waals surface area contributed by atoms with Crippen LogP contribution in [0, 0.1) is 0 Å². The Balaban J connectivity index is 0.00000420. The largest absolute Gasteiger partial charge is 0.496 e. The van der Waals surface area contributed by atoms with Crippen LogP contribution in [0.15, 0.2) is 17.1 Å². The van der Waals surface area contributed by atoms with E-state index in [4.69, 9.17) is 19.2 Å². The Labute approximate surface area is 192 Å². The lowest BCUT2D eigenvalue weighted by Crippen LogP contribution is -2.41. The van der Waals surface area contributed by atoms with Crippen molar-refractivity contribution in [1.29, 1.82) is 0 Å². The average Bonchev–Trinajstić information content (AvgIpc) is 3.04. The summed E-state index contributed by atoms with van der Waals surface area (Å²) in [6.07, 6.45) is 2.19. The van der Waals surface area contributed by atoms with Gasteiger partial charge in [-0.15, -0.1) is 24.0 Å². The molecule has 1 aromatic carbocycles. The third-order valence-corrected chi connectivity index (χ3v) is 4.73. The molecule has 0 spiro atoms. The fourth-order valence-corrected chi connectivity index (χ4v) is 3.26. The topological polar surface area (TPSA) is 67.4 Å². The van der Waals surface area contributed by atoms with E-state index in [0.29, 0.717) is 6.54 Å². The quantitative estimate of drug-likeness (QED) is 0.203. The first-order valence-electron chi connectivity index (χ1n) is 10.1. The number of rotatable bonds is 11. The highest BCUT2D eigenvalue weighted by Gasteiger charge is 2.21. The number of methoxy groups -OCH3 is 2. The van der Waals surface area contributed by atoms with Gasteiger partial charge in [-0.1, -0.05) is 0 Å². The van der Waals surface area contributed by atoms with Crippen LogP contribution in [-0.2, 0) is 17.7 Å². The van der Waals surface area contributed by atoms with Gasteiger partial charge in [-0.25, -0.2) is 4.99 Å². The van der Waals surface area contributed by atoms with Crippen LogP contribution in [0.3, 0.4) is 0 Å². The molecule has 0 fully saturated rings. The fourth-order valence-electron chi connectivity index (χ4n) is 3.26. The van der Waals surface area contributed by atoms with Gasteiger partial charge in [0.15, 0.2) is 5.96 Å². The van der Waals surface area contributed by atoms with Gasteiger partial charge in [0, 0.05) is 57.4 Å². The van der Waals surface area contributed by atoms with Crippen molar-refractivity contribution in [3.05, 3.63) is 23.3 Å². The molecule has 0 bridgehead atoms. The van der Waals surface area contributed by atoms with Crippen molar-refractivity contribution >= 4 is 29.9 Å². The monoisotopic (exact) mass is 520 g/mol. The number of aliphatic imine (C=N–C) groups is 1. The third-order valence-electron chi connectivity index (χ3n) is 4.73. The lowest BCUT2D eigenvalue weighted by atomic mass is 10.1. The number of ether oxygens (including phenoxy) is 3. The van der Waals surface area contributed by atoms with E-state index in [1.54, 1.807) is 14.2 Å². The second-order valence-corrected chi connectivity index (χ2v) is 7.18. The van der Waals surface area contributed by atoms with Crippen LogP contribution in [-0.4, -0.2) is 71.0 Å². The molecule has 1 aromatic rings. The van der Waals surface area contributed by atoms with Crippen LogP contribution in [0.25, 0.3) is 0 Å². The maximum atomic E-state index is 5.88. The molecule has 1 aliphatic heterocycles. The van der Waals surface area contributed by atoms with E-state index in [0.717, 1.165) is 68.6 Å². The third kappa shape index (κ3) is 8.55. The van der Waals surface area contributed by atoms with E-state index in [1.165, 1.54) is 5.56 Å². The Bertz CT molecular complexity index is 643. The Hall–Kier alpha value is -1.26. The van der Waals surface area contributed by atoms with Crippen molar-refractivity contribution in [2.45, 2.75) is 39.3 Å². The van der Waals surface area contributed by atoms with Crippen LogP contribution < -0.4 is 20.1 Å². The first-order valence-corrected chi connectivity index (χ1v) is 10.1. The first kappa shape index (κ1) is 25.8. The highest BCUT2D eigenvalue weighted by atomic mass is 127. The smallest absolute Gasteiger partial charge is 0.191 e. The summed E-state index contributed by atoms with van der Waals surface area (Å²) in [5.41, 5.74) is 2.24. The van der Waals surface area contributed by atoms with E-state index < -0.39 is 0 Å². The van der Waals surface area contributed by atoms with Crippen LogP contribution in [0.1, 0.15) is 31.4 Å². The lowest BCUT2D eigenvalue weighted by molar-refractivity contribution is 0.180. The highest BCUT2D eigenvalue weighted by molar-refractivity contribution is 14.0. The predicted molar refractivity (Wildman–Crippen MR) is 129 cm³/mol. The van der Waals surface area contributed by atoms with Gasteiger partial charge < -0.3 is 29.7 Å². The summed E-state index contributed by atoms with van der Waals surface area (Å²) in [5, 5.41) is 6.71. The van der Waals surface area contributed by atoms with Crippen molar-refractivity contribution < 1.29 is 14.2 Å². The molecule has 1 heterocycles. The number of guanidine groups is 1. The molecule has 0 saturated carbocycles. The summed E-state index contributed by atoms with van der Waals surface area (Å²) < 4.78 is 16.6. The SMILES string of the molecule is CCNC(=NCc1cc2c(cc1OC)CC(C)O2)NCCN(C)CCCOC.I. The lowest BCUT2D eigenvalue weighted by Gasteiger charge is -2.18. The zero-order valence-electron chi connectivity index (χ0n) is 18.4. The summed E-state index contributed by atoms with van der Waals surface area (Å²) >= 11 is 0. The van der Waals surface area contributed by atoms with E-state index in [-0.39, 0.29) is 30.1 Å². The average molecular weight is 520 g/mol. The number of nitrogens with one attached hydrogen (secondary N) is 2. The Kier molecular flexibility index (Phi) is 12.3. The number of fused-ring (bicyclic) bond motifs is 1. The molecule has 2 rings (SSSR count). The van der Waals surface area contributed by atoms with Gasteiger partial charge in [0.1, 0.15) is 17.6 Å². The number of likely N-dealkylation sites (N-methyl/N-ethyl adjacent to an activating group) is 1. The number of nitrogens with zero attached hydrogens (tertiary/aromatic N) is 2. The fraction of sp³-hybridized carbons (Fsp3) is 0.667. The van der Waals surface area contributed by atoms with Gasteiger partial charge in [0.25, 0.3) is 0 Å². The molecule has 1 atom stereocenters. The van der Waals surface area contributed by atoms with Crippen molar-refractivity contribution in [2.24, 2.45) is 4.99 Å². The normalized spacial score (nSPS) is 15.5. The van der Waals surface area contributed by atoms with Gasteiger partial charge in [0.05, 0.1) is 13.7 Å². The minimum atomic E-state index is 0. The van der Waals surface area contributed by atoms with Gasteiger partial charge in [-0.3, -0.25) is 0 Å². The molecule has 0 aliphatic carbocycles. The maximum absolute atomic E-state index is 5.88. The second kappa shape index (κ2) is 13.9. The van der Waals surface area contributed by atoms with Gasteiger partial charge in [-0.05, 0) is 39.4 Å². The van der Waals surface area contributed by atoms with E-state index in [9.17, 15) is 0 Å². The van der Waals surface area contributed by atoms with E-state index in [2.05, 4.69) is 48.6 Å². The number of halogens is 1. The van der Waals surface area contributed by atoms with Crippen LogP contribution in [0.4, 0.5) is 0 Å². The maximum Gasteiger partial charge on any atom is 0.191 e. The molecule has 0 amide bonds. The summed E-state index contributed by atoms with van der Waals surface area (Å²) in [7, 11) is 5.57. The first-order chi connectivity index (χ1) is 13.6. The van der Waals surface area contributed by atoms with Crippen LogP contribution in [0.2, 0.25) is 0 Å². The van der Waals surface area contributed by atoms with Gasteiger partial charge in [-0.2, -0.15) is 0 Å². The molecule has 8 heteroatoms. The van der Waals surface area contributed by atoms with Crippen LogP contribution in [0.5, 0.6) is 11.5 Å². The Morgan fingerprint density at radius 2 is 2.07 bits per heavy atom. The molecule has 0 radical (unpaired) electrons. The highest BCUT2D eigenvalue weighted by Crippen LogP contribution is 2.35. The Morgan fingerprint density at radius 3 is 2.76 bits per heavy atom. The standard InChI is InChI=1S/C21H36N4O3.HI/c1-6-22-21(23-8-10-25(3)9-7-11-26-4)24-15-18-14-20-17(12-16(2)28-20)13-19(18)27-5;/h13-14,16H,6-12,15H2,1-5H3,(H2,22,23,24);1H. The summed E-state index contributed by atoms with van der Waals surface area (Å²) in [5.74, 6) is 2.63. The molecule has 0 aromatic heterocycles. The van der Waals surface area contributed by atoms with Gasteiger partial charge in [0.2, 0.25) is 0 Å². The van der Waals surface area contributed by atoms with Crippen molar-refractivity contribution in [3.8, 4) is 11.5 Å². The molecule has 29 heavy (non-hydrogen) atoms. The zero-order valence-corrected chi connectivity index (χ0v) is 20.7. The molecule has 2 N–H and O–H groups in total. The Morgan fingerprint density at radius 1 is 1.28 bits per heavy atom. The van der Waals surface area contributed by atoms with E-state index in [1.807, 2.05) is 0 Å². The molecular weight excluding hydrogens is 483 g/mol. The molecule has 166 valence electrons. The van der Waals surface area contributed by atoms with E-state index >= 15 is 0 Å². The van der Waals surface area contributed by atoms with Crippen molar-refractivity contribution in [1.82, 2.24) is 15.5 Å². The molecule has 7 nitrogen and oxygen atoms in total. The second-order valence-electron chi connectivity index (χ2n) is 7.18. The minimum Gasteiger partial charge on any atom is -0.496 e.